The Hall–Kier alpha value is -0.0800. The fourth-order valence-electron chi connectivity index (χ4n) is 2.39. The van der Waals surface area contributed by atoms with Crippen molar-refractivity contribution in [1.29, 1.82) is 0 Å². The first kappa shape index (κ1) is 12.0. The normalized spacial score (nSPS) is 33.6. The summed E-state index contributed by atoms with van der Waals surface area (Å²) in [5, 5.41) is 13.7. The second-order valence-corrected chi connectivity index (χ2v) is 5.45. The van der Waals surface area contributed by atoms with Gasteiger partial charge in [-0.25, -0.2) is 0 Å². The number of hydrogen-bond acceptors (Lipinski definition) is 2. The molecule has 0 aromatic rings. The van der Waals surface area contributed by atoms with Crippen LogP contribution in [-0.2, 0) is 0 Å². The van der Waals surface area contributed by atoms with E-state index >= 15 is 0 Å². The highest BCUT2D eigenvalue weighted by Gasteiger charge is 2.31. The monoisotopic (exact) mass is 199 g/mol. The van der Waals surface area contributed by atoms with Gasteiger partial charge >= 0.3 is 0 Å². The topological polar surface area (TPSA) is 32.3 Å². The number of nitrogens with one attached hydrogen (secondary N) is 1. The van der Waals surface area contributed by atoms with Crippen LogP contribution in [0, 0.1) is 11.8 Å². The van der Waals surface area contributed by atoms with Crippen molar-refractivity contribution in [2.24, 2.45) is 11.8 Å². The van der Waals surface area contributed by atoms with Gasteiger partial charge in [0.15, 0.2) is 0 Å². The van der Waals surface area contributed by atoms with E-state index in [-0.39, 0.29) is 0 Å². The van der Waals surface area contributed by atoms with Gasteiger partial charge in [-0.15, -0.1) is 0 Å². The minimum Gasteiger partial charge on any atom is -0.389 e. The van der Waals surface area contributed by atoms with Crippen molar-refractivity contribution in [3.05, 3.63) is 0 Å². The van der Waals surface area contributed by atoms with Gasteiger partial charge in [-0.3, -0.25) is 0 Å². The van der Waals surface area contributed by atoms with Gasteiger partial charge in [0, 0.05) is 6.54 Å². The molecule has 0 heterocycles. The first-order valence-corrected chi connectivity index (χ1v) is 5.95. The van der Waals surface area contributed by atoms with Crippen molar-refractivity contribution in [1.82, 2.24) is 5.32 Å². The van der Waals surface area contributed by atoms with Crippen LogP contribution in [0.1, 0.15) is 46.5 Å². The standard InChI is InChI=1S/C12H25NO/c1-10(2)8-13-9-12(14)6-4-5-11(3)7-12/h10-11,13-14H,4-9H2,1-3H3. The predicted octanol–water partition coefficient (Wildman–Crippen LogP) is 2.17. The molecule has 0 aromatic carbocycles. The van der Waals surface area contributed by atoms with Crippen LogP contribution in [0.25, 0.3) is 0 Å². The van der Waals surface area contributed by atoms with E-state index in [1.54, 1.807) is 0 Å². The summed E-state index contributed by atoms with van der Waals surface area (Å²) < 4.78 is 0. The third-order valence-corrected chi connectivity index (χ3v) is 3.07. The third-order valence-electron chi connectivity index (χ3n) is 3.07. The number of rotatable bonds is 4. The van der Waals surface area contributed by atoms with Crippen molar-refractivity contribution in [2.45, 2.75) is 52.1 Å². The Morgan fingerprint density at radius 2 is 2.21 bits per heavy atom. The minimum absolute atomic E-state index is 0.424. The van der Waals surface area contributed by atoms with Crippen molar-refractivity contribution in [2.75, 3.05) is 13.1 Å². The molecule has 2 atom stereocenters. The van der Waals surface area contributed by atoms with Crippen LogP contribution < -0.4 is 5.32 Å². The van der Waals surface area contributed by atoms with Crippen LogP contribution in [0.3, 0.4) is 0 Å². The lowest BCUT2D eigenvalue weighted by Gasteiger charge is -2.35. The Kier molecular flexibility index (Phi) is 4.39. The molecule has 0 aromatic heterocycles. The first-order valence-electron chi connectivity index (χ1n) is 5.95. The summed E-state index contributed by atoms with van der Waals surface area (Å²) in [6, 6.07) is 0. The van der Waals surface area contributed by atoms with E-state index in [2.05, 4.69) is 26.1 Å². The van der Waals surface area contributed by atoms with Gasteiger partial charge in [-0.1, -0.05) is 33.6 Å². The molecule has 0 amide bonds. The summed E-state index contributed by atoms with van der Waals surface area (Å²) in [6.45, 7) is 8.42. The Balaban J connectivity index is 2.26. The largest absolute Gasteiger partial charge is 0.389 e. The van der Waals surface area contributed by atoms with Gasteiger partial charge in [0.05, 0.1) is 5.60 Å². The lowest BCUT2D eigenvalue weighted by atomic mass is 9.79. The molecule has 0 spiro atoms. The van der Waals surface area contributed by atoms with Crippen LogP contribution in [0.5, 0.6) is 0 Å². The van der Waals surface area contributed by atoms with Crippen LogP contribution in [0.2, 0.25) is 0 Å². The summed E-state index contributed by atoms with van der Waals surface area (Å²) in [4.78, 5) is 0. The highest BCUT2D eigenvalue weighted by molar-refractivity contribution is 4.86. The molecule has 1 saturated carbocycles. The molecule has 1 rings (SSSR count). The van der Waals surface area contributed by atoms with Crippen molar-refractivity contribution >= 4 is 0 Å². The maximum Gasteiger partial charge on any atom is 0.0774 e. The molecule has 2 heteroatoms. The van der Waals surface area contributed by atoms with Gasteiger partial charge in [0.2, 0.25) is 0 Å². The summed E-state index contributed by atoms with van der Waals surface area (Å²) in [7, 11) is 0. The summed E-state index contributed by atoms with van der Waals surface area (Å²) in [5.74, 6) is 1.36. The van der Waals surface area contributed by atoms with Crippen LogP contribution in [0.4, 0.5) is 0 Å². The fraction of sp³-hybridized carbons (Fsp3) is 1.00. The Labute approximate surface area is 88.1 Å². The second kappa shape index (κ2) is 5.13. The van der Waals surface area contributed by atoms with Crippen molar-refractivity contribution in [3.8, 4) is 0 Å². The molecule has 0 radical (unpaired) electrons. The lowest BCUT2D eigenvalue weighted by molar-refractivity contribution is -0.0119. The quantitative estimate of drug-likeness (QED) is 0.727. The Morgan fingerprint density at radius 1 is 1.50 bits per heavy atom. The molecule has 2 nitrogen and oxygen atoms in total. The average molecular weight is 199 g/mol. The highest BCUT2D eigenvalue weighted by atomic mass is 16.3. The predicted molar refractivity (Wildman–Crippen MR) is 60.3 cm³/mol. The van der Waals surface area contributed by atoms with Gasteiger partial charge in [0.1, 0.15) is 0 Å². The first-order chi connectivity index (χ1) is 6.52. The third kappa shape index (κ3) is 3.97. The van der Waals surface area contributed by atoms with Crippen LogP contribution >= 0.6 is 0 Å². The van der Waals surface area contributed by atoms with Gasteiger partial charge in [0.25, 0.3) is 0 Å². The van der Waals surface area contributed by atoms with Crippen LogP contribution in [-0.4, -0.2) is 23.8 Å². The molecular weight excluding hydrogens is 174 g/mol. The highest BCUT2D eigenvalue weighted by Crippen LogP contribution is 2.31. The summed E-state index contributed by atoms with van der Waals surface area (Å²) in [6.07, 6.45) is 4.41. The smallest absolute Gasteiger partial charge is 0.0774 e. The van der Waals surface area contributed by atoms with E-state index in [4.69, 9.17) is 0 Å². The van der Waals surface area contributed by atoms with Gasteiger partial charge in [-0.2, -0.15) is 0 Å². The van der Waals surface area contributed by atoms with Gasteiger partial charge < -0.3 is 10.4 Å². The molecule has 1 aliphatic rings. The lowest BCUT2D eigenvalue weighted by Crippen LogP contribution is -2.44. The van der Waals surface area contributed by atoms with E-state index in [1.807, 2.05) is 0 Å². The molecule has 14 heavy (non-hydrogen) atoms. The van der Waals surface area contributed by atoms with Crippen molar-refractivity contribution < 1.29 is 5.11 Å². The summed E-state index contributed by atoms with van der Waals surface area (Å²) >= 11 is 0. The zero-order valence-corrected chi connectivity index (χ0v) is 9.84. The molecule has 2 unspecified atom stereocenters. The second-order valence-electron chi connectivity index (χ2n) is 5.45. The number of aliphatic hydroxyl groups is 1. The number of hydrogen-bond donors (Lipinski definition) is 2. The van der Waals surface area contributed by atoms with E-state index in [0.29, 0.717) is 11.8 Å². The fourth-order valence-corrected chi connectivity index (χ4v) is 2.39. The van der Waals surface area contributed by atoms with E-state index < -0.39 is 5.60 Å². The molecule has 2 N–H and O–H groups in total. The van der Waals surface area contributed by atoms with E-state index in [1.165, 1.54) is 12.8 Å². The molecule has 84 valence electrons. The maximum atomic E-state index is 10.3. The molecule has 1 aliphatic carbocycles. The zero-order valence-electron chi connectivity index (χ0n) is 9.84. The molecule has 0 saturated heterocycles. The molecular formula is C12H25NO. The average Bonchev–Trinajstić information content (AvgIpc) is 2.01. The van der Waals surface area contributed by atoms with Crippen molar-refractivity contribution in [3.63, 3.8) is 0 Å². The zero-order chi connectivity index (χ0) is 10.6. The van der Waals surface area contributed by atoms with E-state index in [0.717, 1.165) is 25.9 Å². The maximum absolute atomic E-state index is 10.3. The SMILES string of the molecule is CC(C)CNCC1(O)CCCC(C)C1. The Bertz CT molecular complexity index is 170. The minimum atomic E-state index is -0.424. The van der Waals surface area contributed by atoms with Gasteiger partial charge in [-0.05, 0) is 31.2 Å². The molecule has 1 fully saturated rings. The Morgan fingerprint density at radius 3 is 2.79 bits per heavy atom. The van der Waals surface area contributed by atoms with Crippen LogP contribution in [0.15, 0.2) is 0 Å². The molecule has 0 bridgehead atoms. The summed E-state index contributed by atoms with van der Waals surface area (Å²) in [5.41, 5.74) is -0.424. The van der Waals surface area contributed by atoms with E-state index in [9.17, 15) is 5.11 Å². The molecule has 0 aliphatic heterocycles.